The first kappa shape index (κ1) is 17.7. The molecule has 0 heterocycles. The number of benzene rings is 2. The fourth-order valence-electron chi connectivity index (χ4n) is 2.21. The van der Waals surface area contributed by atoms with E-state index in [2.05, 4.69) is 0 Å². The summed E-state index contributed by atoms with van der Waals surface area (Å²) in [5.74, 6) is -1.23. The predicted octanol–water partition coefficient (Wildman–Crippen LogP) is 5.12. The maximum absolute atomic E-state index is 13.6. The fourth-order valence-corrected chi connectivity index (χ4v) is 2.88. The largest absolute Gasteiger partial charge is 0.455 e. The third-order valence-electron chi connectivity index (χ3n) is 3.33. The zero-order chi connectivity index (χ0) is 17.0. The molecule has 0 bridgehead atoms. The van der Waals surface area contributed by atoms with Crippen molar-refractivity contribution in [1.82, 2.24) is 0 Å². The minimum Gasteiger partial charge on any atom is -0.455 e. The van der Waals surface area contributed by atoms with Gasteiger partial charge in [-0.15, -0.1) is 0 Å². The van der Waals surface area contributed by atoms with E-state index < -0.39 is 24.0 Å². The van der Waals surface area contributed by atoms with Crippen molar-refractivity contribution in [2.45, 2.75) is 19.1 Å². The second-order valence-electron chi connectivity index (χ2n) is 4.86. The molecule has 0 unspecified atom stereocenters. The maximum Gasteiger partial charge on any atom is 0.340 e. The van der Waals surface area contributed by atoms with Gasteiger partial charge in [-0.1, -0.05) is 53.5 Å². The molecule has 0 spiro atoms. The molecule has 0 saturated heterocycles. The number of rotatable bonds is 5. The smallest absolute Gasteiger partial charge is 0.340 e. The molecule has 0 aromatic heterocycles. The third kappa shape index (κ3) is 4.02. The zero-order valence-electron chi connectivity index (χ0n) is 12.6. The van der Waals surface area contributed by atoms with Gasteiger partial charge in [0, 0.05) is 17.7 Å². The Hall–Kier alpha value is -1.62. The van der Waals surface area contributed by atoms with E-state index >= 15 is 0 Å². The van der Waals surface area contributed by atoms with Gasteiger partial charge < -0.3 is 9.47 Å². The lowest BCUT2D eigenvalue weighted by Crippen LogP contribution is -2.19. The molecule has 0 aliphatic heterocycles. The lowest BCUT2D eigenvalue weighted by Gasteiger charge is -2.20. The summed E-state index contributed by atoms with van der Waals surface area (Å²) in [5, 5.41) is 0.0665. The Morgan fingerprint density at radius 2 is 1.78 bits per heavy atom. The molecule has 0 aliphatic rings. The van der Waals surface area contributed by atoms with Crippen LogP contribution in [0.25, 0.3) is 0 Å². The van der Waals surface area contributed by atoms with Crippen molar-refractivity contribution in [2.75, 3.05) is 7.11 Å². The molecule has 23 heavy (non-hydrogen) atoms. The van der Waals surface area contributed by atoms with Crippen molar-refractivity contribution in [3.8, 4) is 0 Å². The number of hydrogen-bond acceptors (Lipinski definition) is 3. The Morgan fingerprint density at radius 1 is 1.13 bits per heavy atom. The van der Waals surface area contributed by atoms with Crippen LogP contribution in [-0.2, 0) is 14.3 Å². The van der Waals surface area contributed by atoms with Gasteiger partial charge in [0.25, 0.3) is 0 Å². The molecule has 6 heteroatoms. The van der Waals surface area contributed by atoms with Crippen molar-refractivity contribution in [3.63, 3.8) is 0 Å². The summed E-state index contributed by atoms with van der Waals surface area (Å²) < 4.78 is 24.2. The molecule has 0 amide bonds. The van der Waals surface area contributed by atoms with Crippen molar-refractivity contribution < 1.29 is 18.7 Å². The van der Waals surface area contributed by atoms with Gasteiger partial charge >= 0.3 is 5.97 Å². The van der Waals surface area contributed by atoms with E-state index in [9.17, 15) is 9.18 Å². The van der Waals surface area contributed by atoms with Crippen LogP contribution in [0.4, 0.5) is 4.39 Å². The SMILES string of the molecule is CO[C@H](C(=O)O[C@@H](C)c1c(Cl)ccc(F)c1Cl)c1ccccc1. The minimum absolute atomic E-state index is 0.161. The summed E-state index contributed by atoms with van der Waals surface area (Å²) >= 11 is 12.0. The standard InChI is InChI=1S/C17H15Cl2FO3/c1-10(14-12(18)8-9-13(20)15(14)19)23-17(21)16(22-2)11-6-4-3-5-7-11/h3-10,16H,1-2H3/t10-,16-/m0/s1. The maximum atomic E-state index is 13.6. The van der Waals surface area contributed by atoms with Crippen LogP contribution in [0.15, 0.2) is 42.5 Å². The molecule has 3 nitrogen and oxygen atoms in total. The van der Waals surface area contributed by atoms with Gasteiger partial charge in [0.05, 0.1) is 5.02 Å². The van der Waals surface area contributed by atoms with Gasteiger partial charge in [0.15, 0.2) is 6.10 Å². The zero-order valence-corrected chi connectivity index (χ0v) is 14.1. The molecule has 2 aromatic carbocycles. The molecule has 2 atom stereocenters. The topological polar surface area (TPSA) is 35.5 Å². The highest BCUT2D eigenvalue weighted by Gasteiger charge is 2.26. The van der Waals surface area contributed by atoms with E-state index in [-0.39, 0.29) is 15.6 Å². The Morgan fingerprint density at radius 3 is 2.39 bits per heavy atom. The highest BCUT2D eigenvalue weighted by atomic mass is 35.5. The van der Waals surface area contributed by atoms with Crippen LogP contribution in [0.3, 0.4) is 0 Å². The highest BCUT2D eigenvalue weighted by Crippen LogP contribution is 2.35. The number of ether oxygens (including phenoxy) is 2. The minimum atomic E-state index is -0.884. The van der Waals surface area contributed by atoms with E-state index in [0.29, 0.717) is 5.56 Å². The Kier molecular flexibility index (Phi) is 5.99. The van der Waals surface area contributed by atoms with E-state index in [1.54, 1.807) is 31.2 Å². The van der Waals surface area contributed by atoms with Gasteiger partial charge in [-0.05, 0) is 24.6 Å². The number of methoxy groups -OCH3 is 1. The van der Waals surface area contributed by atoms with Gasteiger partial charge in [-0.2, -0.15) is 0 Å². The van der Waals surface area contributed by atoms with Crippen molar-refractivity contribution in [1.29, 1.82) is 0 Å². The van der Waals surface area contributed by atoms with Gasteiger partial charge in [-0.25, -0.2) is 9.18 Å². The third-order valence-corrected chi connectivity index (χ3v) is 4.04. The molecule has 0 aliphatic carbocycles. The number of carbonyl (C=O) groups excluding carboxylic acids is 1. The van der Waals surface area contributed by atoms with Crippen LogP contribution in [0.5, 0.6) is 0 Å². The van der Waals surface area contributed by atoms with Crippen LogP contribution < -0.4 is 0 Å². The van der Waals surface area contributed by atoms with Crippen molar-refractivity contribution in [2.24, 2.45) is 0 Å². The van der Waals surface area contributed by atoms with Crippen LogP contribution >= 0.6 is 23.2 Å². The normalized spacial score (nSPS) is 13.4. The molecule has 2 rings (SSSR count). The van der Waals surface area contributed by atoms with Crippen molar-refractivity contribution in [3.05, 3.63) is 69.5 Å². The molecular weight excluding hydrogens is 342 g/mol. The fraction of sp³-hybridized carbons (Fsp3) is 0.235. The van der Waals surface area contributed by atoms with Gasteiger partial charge in [-0.3, -0.25) is 0 Å². The van der Waals surface area contributed by atoms with Gasteiger partial charge in [0.2, 0.25) is 0 Å². The van der Waals surface area contributed by atoms with E-state index in [1.165, 1.54) is 13.2 Å². The molecule has 2 aromatic rings. The molecular formula is C17H15Cl2FO3. The Labute approximate surface area is 143 Å². The molecule has 0 saturated carbocycles. The van der Waals surface area contributed by atoms with Crippen LogP contribution in [0.2, 0.25) is 10.0 Å². The Balaban J connectivity index is 2.21. The van der Waals surface area contributed by atoms with Gasteiger partial charge in [0.1, 0.15) is 11.9 Å². The van der Waals surface area contributed by atoms with Crippen LogP contribution in [0.1, 0.15) is 30.3 Å². The average molecular weight is 357 g/mol. The lowest BCUT2D eigenvalue weighted by atomic mass is 10.1. The summed E-state index contributed by atoms with van der Waals surface area (Å²) in [7, 11) is 1.41. The van der Waals surface area contributed by atoms with E-state index in [4.69, 9.17) is 32.7 Å². The number of carbonyl (C=O) groups is 1. The average Bonchev–Trinajstić information content (AvgIpc) is 2.53. The second-order valence-corrected chi connectivity index (χ2v) is 5.65. The summed E-state index contributed by atoms with van der Waals surface area (Å²) in [5.41, 5.74) is 0.883. The number of hydrogen-bond donors (Lipinski definition) is 0. The first-order valence-corrected chi connectivity index (χ1v) is 7.63. The van der Waals surface area contributed by atoms with Crippen LogP contribution in [0, 0.1) is 5.82 Å². The van der Waals surface area contributed by atoms with E-state index in [0.717, 1.165) is 6.07 Å². The summed E-state index contributed by atoms with van der Waals surface area (Å²) in [6, 6.07) is 11.4. The number of esters is 1. The molecule has 0 fully saturated rings. The quantitative estimate of drug-likeness (QED) is 0.550. The predicted molar refractivity (Wildman–Crippen MR) is 87.1 cm³/mol. The first-order chi connectivity index (χ1) is 11.0. The molecule has 0 radical (unpaired) electrons. The lowest BCUT2D eigenvalue weighted by molar-refractivity contribution is -0.161. The summed E-state index contributed by atoms with van der Waals surface area (Å²) in [4.78, 5) is 12.3. The molecule has 0 N–H and O–H groups in total. The summed E-state index contributed by atoms with van der Waals surface area (Å²) in [6.45, 7) is 1.57. The van der Waals surface area contributed by atoms with Crippen molar-refractivity contribution >= 4 is 29.2 Å². The first-order valence-electron chi connectivity index (χ1n) is 6.87. The highest BCUT2D eigenvalue weighted by molar-refractivity contribution is 6.36. The number of halogens is 3. The van der Waals surface area contributed by atoms with Crippen LogP contribution in [-0.4, -0.2) is 13.1 Å². The Bertz CT molecular complexity index is 692. The summed E-state index contributed by atoms with van der Waals surface area (Å²) in [6.07, 6.45) is -1.70. The molecule has 122 valence electrons. The van der Waals surface area contributed by atoms with E-state index in [1.807, 2.05) is 6.07 Å². The second kappa shape index (κ2) is 7.77. The monoisotopic (exact) mass is 356 g/mol.